The molecule has 0 N–H and O–H groups in total. The Morgan fingerprint density at radius 1 is 1.29 bits per heavy atom. The van der Waals surface area contributed by atoms with Crippen molar-refractivity contribution < 1.29 is 0 Å². The molecule has 14 heavy (non-hydrogen) atoms. The summed E-state index contributed by atoms with van der Waals surface area (Å²) in [4.78, 5) is 5.33. The Morgan fingerprint density at radius 3 is 3.00 bits per heavy atom. The highest BCUT2D eigenvalue weighted by molar-refractivity contribution is 4.89. The zero-order valence-electron chi connectivity index (χ0n) is 8.60. The molecule has 2 unspecified atom stereocenters. The SMILES string of the molecule is [N-]=[N+]=NCCN1CCC2CCCCC21. The second-order valence-corrected chi connectivity index (χ2v) is 4.39. The van der Waals surface area contributed by atoms with Gasteiger partial charge in [0.1, 0.15) is 0 Å². The van der Waals surface area contributed by atoms with Gasteiger partial charge in [0.2, 0.25) is 0 Å². The molecule has 0 radical (unpaired) electrons. The van der Waals surface area contributed by atoms with E-state index in [1.165, 1.54) is 38.6 Å². The van der Waals surface area contributed by atoms with Crippen molar-refractivity contribution in [3.8, 4) is 0 Å². The first kappa shape index (κ1) is 9.81. The summed E-state index contributed by atoms with van der Waals surface area (Å²) in [6.45, 7) is 2.82. The molecule has 2 rings (SSSR count). The molecule has 1 heterocycles. The fourth-order valence-electron chi connectivity index (χ4n) is 3.00. The van der Waals surface area contributed by atoms with Crippen molar-refractivity contribution in [3.63, 3.8) is 0 Å². The molecule has 78 valence electrons. The highest BCUT2D eigenvalue weighted by Crippen LogP contribution is 2.35. The van der Waals surface area contributed by atoms with E-state index in [0.717, 1.165) is 18.5 Å². The topological polar surface area (TPSA) is 52.0 Å². The van der Waals surface area contributed by atoms with Crippen molar-refractivity contribution in [2.24, 2.45) is 11.0 Å². The lowest BCUT2D eigenvalue weighted by Gasteiger charge is -2.31. The minimum Gasteiger partial charge on any atom is -0.300 e. The molecule has 1 aliphatic heterocycles. The minimum atomic E-state index is 0.639. The third kappa shape index (κ3) is 2.02. The maximum absolute atomic E-state index is 8.21. The average molecular weight is 194 g/mol. The Bertz CT molecular complexity index is 234. The molecule has 0 aromatic rings. The van der Waals surface area contributed by atoms with Crippen molar-refractivity contribution >= 4 is 0 Å². The Balaban J connectivity index is 1.84. The molecule has 4 nitrogen and oxygen atoms in total. The van der Waals surface area contributed by atoms with E-state index in [4.69, 9.17) is 5.53 Å². The van der Waals surface area contributed by atoms with Gasteiger partial charge < -0.3 is 0 Å². The predicted molar refractivity (Wildman–Crippen MR) is 55.9 cm³/mol. The molecule has 0 bridgehead atoms. The third-order valence-corrected chi connectivity index (χ3v) is 3.68. The van der Waals surface area contributed by atoms with Crippen LogP contribution in [0, 0.1) is 5.92 Å². The highest BCUT2D eigenvalue weighted by atomic mass is 15.2. The lowest BCUT2D eigenvalue weighted by Crippen LogP contribution is -2.36. The molecule has 2 fully saturated rings. The Hall–Kier alpha value is -0.730. The van der Waals surface area contributed by atoms with E-state index in [1.807, 2.05) is 0 Å². The van der Waals surface area contributed by atoms with Gasteiger partial charge >= 0.3 is 0 Å². The van der Waals surface area contributed by atoms with Gasteiger partial charge in [-0.15, -0.1) is 0 Å². The average Bonchev–Trinajstić information content (AvgIpc) is 2.63. The van der Waals surface area contributed by atoms with E-state index in [0.29, 0.717) is 6.54 Å². The quantitative estimate of drug-likeness (QED) is 0.387. The molecule has 1 saturated heterocycles. The van der Waals surface area contributed by atoms with E-state index < -0.39 is 0 Å². The molecule has 0 aromatic carbocycles. The zero-order valence-corrected chi connectivity index (χ0v) is 8.60. The van der Waals surface area contributed by atoms with Crippen LogP contribution in [0.3, 0.4) is 0 Å². The van der Waals surface area contributed by atoms with E-state index >= 15 is 0 Å². The van der Waals surface area contributed by atoms with Crippen LogP contribution in [-0.4, -0.2) is 30.6 Å². The second kappa shape index (κ2) is 4.67. The zero-order chi connectivity index (χ0) is 9.80. The van der Waals surface area contributed by atoms with Crippen LogP contribution in [0.5, 0.6) is 0 Å². The Morgan fingerprint density at radius 2 is 2.14 bits per heavy atom. The minimum absolute atomic E-state index is 0.639. The van der Waals surface area contributed by atoms with Gasteiger partial charge in [-0.1, -0.05) is 18.0 Å². The molecule has 1 aliphatic carbocycles. The van der Waals surface area contributed by atoms with Crippen molar-refractivity contribution in [2.75, 3.05) is 19.6 Å². The normalized spacial score (nSPS) is 32.3. The fraction of sp³-hybridized carbons (Fsp3) is 1.00. The molecule has 0 amide bonds. The highest BCUT2D eigenvalue weighted by Gasteiger charge is 2.34. The molecule has 2 aliphatic rings. The molecular weight excluding hydrogens is 176 g/mol. The van der Waals surface area contributed by atoms with Crippen LogP contribution >= 0.6 is 0 Å². The van der Waals surface area contributed by atoms with Gasteiger partial charge in [0.15, 0.2) is 0 Å². The monoisotopic (exact) mass is 194 g/mol. The van der Waals surface area contributed by atoms with E-state index in [9.17, 15) is 0 Å². The number of rotatable bonds is 3. The summed E-state index contributed by atoms with van der Waals surface area (Å²) in [6.07, 6.45) is 6.95. The summed E-state index contributed by atoms with van der Waals surface area (Å²) < 4.78 is 0. The van der Waals surface area contributed by atoms with Crippen molar-refractivity contribution in [3.05, 3.63) is 10.4 Å². The van der Waals surface area contributed by atoms with Gasteiger partial charge in [-0.05, 0) is 37.3 Å². The number of likely N-dealkylation sites (tertiary alicyclic amines) is 1. The number of hydrogen-bond acceptors (Lipinski definition) is 2. The van der Waals surface area contributed by atoms with E-state index in [-0.39, 0.29) is 0 Å². The molecular formula is C10H18N4. The van der Waals surface area contributed by atoms with Crippen LogP contribution in [0.15, 0.2) is 5.11 Å². The number of azide groups is 1. The van der Waals surface area contributed by atoms with Crippen LogP contribution < -0.4 is 0 Å². The van der Waals surface area contributed by atoms with Gasteiger partial charge in [0.05, 0.1) is 0 Å². The van der Waals surface area contributed by atoms with E-state index in [1.54, 1.807) is 0 Å². The van der Waals surface area contributed by atoms with Gasteiger partial charge in [-0.2, -0.15) is 0 Å². The molecule has 0 aromatic heterocycles. The summed E-state index contributed by atoms with van der Waals surface area (Å²) >= 11 is 0. The predicted octanol–water partition coefficient (Wildman–Crippen LogP) is 2.56. The van der Waals surface area contributed by atoms with Crippen LogP contribution in [0.1, 0.15) is 32.1 Å². The largest absolute Gasteiger partial charge is 0.300 e. The standard InChI is InChI=1S/C10H18N4/c11-13-12-6-8-14-7-5-9-3-1-2-4-10(9)14/h9-10H,1-8H2. The number of nitrogens with zero attached hydrogens (tertiary/aromatic N) is 4. The molecule has 1 saturated carbocycles. The number of hydrogen-bond donors (Lipinski definition) is 0. The number of fused-ring (bicyclic) bond motifs is 1. The van der Waals surface area contributed by atoms with Crippen molar-refractivity contribution in [1.82, 2.24) is 4.90 Å². The summed E-state index contributed by atoms with van der Waals surface area (Å²) in [6, 6.07) is 0.803. The first-order chi connectivity index (χ1) is 6.92. The first-order valence-electron chi connectivity index (χ1n) is 5.66. The molecule has 0 spiro atoms. The van der Waals surface area contributed by atoms with Crippen molar-refractivity contribution in [2.45, 2.75) is 38.1 Å². The molecule has 4 heteroatoms. The van der Waals surface area contributed by atoms with Crippen molar-refractivity contribution in [1.29, 1.82) is 0 Å². The Labute approximate surface area is 84.9 Å². The molecule has 2 atom stereocenters. The third-order valence-electron chi connectivity index (χ3n) is 3.68. The fourth-order valence-corrected chi connectivity index (χ4v) is 3.00. The van der Waals surface area contributed by atoms with Crippen LogP contribution in [-0.2, 0) is 0 Å². The first-order valence-corrected chi connectivity index (χ1v) is 5.66. The summed E-state index contributed by atoms with van der Waals surface area (Å²) in [5.41, 5.74) is 8.21. The Kier molecular flexibility index (Phi) is 3.27. The van der Waals surface area contributed by atoms with Gasteiger partial charge in [0, 0.05) is 24.0 Å². The summed E-state index contributed by atoms with van der Waals surface area (Å²) in [7, 11) is 0. The van der Waals surface area contributed by atoms with Gasteiger partial charge in [0.25, 0.3) is 0 Å². The van der Waals surface area contributed by atoms with Crippen LogP contribution in [0.25, 0.3) is 10.4 Å². The van der Waals surface area contributed by atoms with Crippen LogP contribution in [0.2, 0.25) is 0 Å². The smallest absolute Gasteiger partial charge is 0.0385 e. The maximum atomic E-state index is 8.21. The maximum Gasteiger partial charge on any atom is 0.0385 e. The lowest BCUT2D eigenvalue weighted by atomic mass is 9.85. The van der Waals surface area contributed by atoms with Gasteiger partial charge in [-0.3, -0.25) is 4.90 Å². The second-order valence-electron chi connectivity index (χ2n) is 4.39. The van der Waals surface area contributed by atoms with Gasteiger partial charge in [-0.25, -0.2) is 0 Å². The summed E-state index contributed by atoms with van der Waals surface area (Å²) in [5, 5.41) is 3.61. The van der Waals surface area contributed by atoms with E-state index in [2.05, 4.69) is 14.9 Å². The summed E-state index contributed by atoms with van der Waals surface area (Å²) in [5.74, 6) is 0.940. The van der Waals surface area contributed by atoms with Crippen LogP contribution in [0.4, 0.5) is 0 Å². The lowest BCUT2D eigenvalue weighted by molar-refractivity contribution is 0.187.